The number of aliphatic hydroxyl groups excluding tert-OH is 1. The molecule has 0 aliphatic carbocycles. The van der Waals surface area contributed by atoms with Gasteiger partial charge in [0.05, 0.1) is 6.10 Å². The Kier molecular flexibility index (Phi) is 4.80. The third kappa shape index (κ3) is 3.70. The van der Waals surface area contributed by atoms with Gasteiger partial charge in [0.15, 0.2) is 0 Å². The van der Waals surface area contributed by atoms with E-state index in [0.717, 1.165) is 5.56 Å². The summed E-state index contributed by atoms with van der Waals surface area (Å²) in [5, 5.41) is 23.3. The van der Waals surface area contributed by atoms with Gasteiger partial charge in [0.1, 0.15) is 5.75 Å². The highest BCUT2D eigenvalue weighted by Gasteiger charge is 2.10. The van der Waals surface area contributed by atoms with Crippen molar-refractivity contribution in [1.82, 2.24) is 5.32 Å². The molecule has 2 rings (SSSR count). The molecule has 1 unspecified atom stereocenters. The Labute approximate surface area is 117 Å². The molecule has 2 aromatic carbocycles. The van der Waals surface area contributed by atoms with Gasteiger partial charge in [0, 0.05) is 29.2 Å². The molecular weight excluding hydrogens is 262 g/mol. The molecule has 0 aliphatic heterocycles. The minimum Gasteiger partial charge on any atom is -0.508 e. The maximum absolute atomic E-state index is 10.0. The SMILES string of the molecule is Oc1ccccc1CNCC(O)c1ccccc1Cl. The summed E-state index contributed by atoms with van der Waals surface area (Å²) >= 11 is 6.01. The molecule has 0 bridgehead atoms. The lowest BCUT2D eigenvalue weighted by molar-refractivity contribution is 0.174. The molecule has 0 spiro atoms. The highest BCUT2D eigenvalue weighted by Crippen LogP contribution is 2.22. The van der Waals surface area contributed by atoms with Crippen LogP contribution in [0, 0.1) is 0 Å². The van der Waals surface area contributed by atoms with Crippen LogP contribution in [0.15, 0.2) is 48.5 Å². The van der Waals surface area contributed by atoms with Crippen molar-refractivity contribution in [2.75, 3.05) is 6.54 Å². The quantitative estimate of drug-likeness (QED) is 0.788. The van der Waals surface area contributed by atoms with E-state index in [1.54, 1.807) is 24.3 Å². The van der Waals surface area contributed by atoms with Gasteiger partial charge < -0.3 is 15.5 Å². The molecule has 3 nitrogen and oxygen atoms in total. The second kappa shape index (κ2) is 6.57. The lowest BCUT2D eigenvalue weighted by atomic mass is 10.1. The monoisotopic (exact) mass is 277 g/mol. The molecule has 1 atom stereocenters. The van der Waals surface area contributed by atoms with E-state index in [0.29, 0.717) is 23.7 Å². The van der Waals surface area contributed by atoms with Gasteiger partial charge in [-0.25, -0.2) is 0 Å². The van der Waals surface area contributed by atoms with Crippen LogP contribution in [0.5, 0.6) is 5.75 Å². The Balaban J connectivity index is 1.90. The average molecular weight is 278 g/mol. The number of nitrogens with one attached hydrogen (secondary N) is 1. The Morgan fingerprint density at radius 2 is 1.74 bits per heavy atom. The molecule has 0 fully saturated rings. The molecule has 100 valence electrons. The van der Waals surface area contributed by atoms with E-state index in [9.17, 15) is 10.2 Å². The van der Waals surface area contributed by atoms with E-state index in [2.05, 4.69) is 5.32 Å². The van der Waals surface area contributed by atoms with Crippen molar-refractivity contribution in [2.45, 2.75) is 12.6 Å². The van der Waals surface area contributed by atoms with Crippen molar-refractivity contribution >= 4 is 11.6 Å². The maximum atomic E-state index is 10.0. The summed E-state index contributed by atoms with van der Waals surface area (Å²) in [5.41, 5.74) is 1.50. The number of hydrogen-bond acceptors (Lipinski definition) is 3. The maximum Gasteiger partial charge on any atom is 0.120 e. The molecule has 0 saturated heterocycles. The lowest BCUT2D eigenvalue weighted by Crippen LogP contribution is -2.21. The van der Waals surface area contributed by atoms with E-state index >= 15 is 0 Å². The minimum atomic E-state index is -0.667. The van der Waals surface area contributed by atoms with E-state index in [1.165, 1.54) is 0 Å². The van der Waals surface area contributed by atoms with E-state index < -0.39 is 6.10 Å². The first-order valence-electron chi connectivity index (χ1n) is 6.08. The third-order valence-electron chi connectivity index (χ3n) is 2.91. The van der Waals surface area contributed by atoms with Crippen LogP contribution < -0.4 is 5.32 Å². The Hall–Kier alpha value is -1.55. The van der Waals surface area contributed by atoms with Crippen molar-refractivity contribution in [3.63, 3.8) is 0 Å². The number of phenolic OH excluding ortho intramolecular Hbond substituents is 1. The van der Waals surface area contributed by atoms with Crippen LogP contribution in [0.4, 0.5) is 0 Å². The normalized spacial score (nSPS) is 12.3. The summed E-state index contributed by atoms with van der Waals surface area (Å²) in [6.45, 7) is 0.867. The first-order valence-corrected chi connectivity index (χ1v) is 6.46. The standard InChI is InChI=1S/C15H16ClNO2/c16-13-7-3-2-6-12(13)15(19)10-17-9-11-5-1-4-8-14(11)18/h1-8,15,17-19H,9-10H2. The summed E-state index contributed by atoms with van der Waals surface area (Å²) in [6, 6.07) is 14.3. The second-order valence-electron chi connectivity index (χ2n) is 4.30. The highest BCUT2D eigenvalue weighted by molar-refractivity contribution is 6.31. The van der Waals surface area contributed by atoms with Gasteiger partial charge in [-0.2, -0.15) is 0 Å². The molecule has 0 radical (unpaired) electrons. The molecule has 0 aliphatic rings. The number of halogens is 1. The summed E-state index contributed by atoms with van der Waals surface area (Å²) in [5.74, 6) is 0.252. The fourth-order valence-electron chi connectivity index (χ4n) is 1.86. The van der Waals surface area contributed by atoms with Gasteiger partial charge in [0.2, 0.25) is 0 Å². The predicted molar refractivity (Wildman–Crippen MR) is 76.2 cm³/mol. The van der Waals surface area contributed by atoms with Crippen LogP contribution >= 0.6 is 11.6 Å². The molecule has 0 heterocycles. The fraction of sp³-hybridized carbons (Fsp3) is 0.200. The van der Waals surface area contributed by atoms with Crippen molar-refractivity contribution in [3.8, 4) is 5.75 Å². The second-order valence-corrected chi connectivity index (χ2v) is 4.70. The molecule has 4 heteroatoms. The molecule has 3 N–H and O–H groups in total. The smallest absolute Gasteiger partial charge is 0.120 e. The van der Waals surface area contributed by atoms with Crippen LogP contribution in [0.3, 0.4) is 0 Å². The Morgan fingerprint density at radius 1 is 1.05 bits per heavy atom. The van der Waals surface area contributed by atoms with Crippen LogP contribution in [0.2, 0.25) is 5.02 Å². The van der Waals surface area contributed by atoms with E-state index in [1.807, 2.05) is 24.3 Å². The number of aliphatic hydroxyl groups is 1. The van der Waals surface area contributed by atoms with Crippen molar-refractivity contribution < 1.29 is 10.2 Å². The van der Waals surface area contributed by atoms with Gasteiger partial charge in [-0.15, -0.1) is 0 Å². The summed E-state index contributed by atoms with van der Waals surface area (Å²) in [6.07, 6.45) is -0.667. The van der Waals surface area contributed by atoms with Gasteiger partial charge in [-0.1, -0.05) is 48.0 Å². The minimum absolute atomic E-state index is 0.252. The van der Waals surface area contributed by atoms with Gasteiger partial charge in [0.25, 0.3) is 0 Å². The zero-order valence-electron chi connectivity index (χ0n) is 10.4. The molecule has 19 heavy (non-hydrogen) atoms. The third-order valence-corrected chi connectivity index (χ3v) is 3.25. The molecule has 0 saturated carbocycles. The zero-order chi connectivity index (χ0) is 13.7. The number of hydrogen-bond donors (Lipinski definition) is 3. The Bertz CT molecular complexity index is 545. The van der Waals surface area contributed by atoms with Gasteiger partial charge in [-0.3, -0.25) is 0 Å². The average Bonchev–Trinajstić information content (AvgIpc) is 2.41. The number of rotatable bonds is 5. The first kappa shape index (κ1) is 13.9. The number of benzene rings is 2. The molecule has 0 aromatic heterocycles. The lowest BCUT2D eigenvalue weighted by Gasteiger charge is -2.14. The molecular formula is C15H16ClNO2. The topological polar surface area (TPSA) is 52.5 Å². The van der Waals surface area contributed by atoms with Crippen LogP contribution in [-0.4, -0.2) is 16.8 Å². The van der Waals surface area contributed by atoms with Crippen LogP contribution in [0.1, 0.15) is 17.2 Å². The van der Waals surface area contributed by atoms with Crippen molar-refractivity contribution in [1.29, 1.82) is 0 Å². The van der Waals surface area contributed by atoms with Gasteiger partial charge >= 0.3 is 0 Å². The number of aromatic hydroxyl groups is 1. The first-order chi connectivity index (χ1) is 9.18. The van der Waals surface area contributed by atoms with Crippen molar-refractivity contribution in [3.05, 3.63) is 64.7 Å². The highest BCUT2D eigenvalue weighted by atomic mass is 35.5. The van der Waals surface area contributed by atoms with E-state index in [-0.39, 0.29) is 5.75 Å². The zero-order valence-corrected chi connectivity index (χ0v) is 11.1. The Morgan fingerprint density at radius 3 is 2.47 bits per heavy atom. The summed E-state index contributed by atoms with van der Waals surface area (Å²) < 4.78 is 0. The van der Waals surface area contributed by atoms with Crippen LogP contribution in [0.25, 0.3) is 0 Å². The van der Waals surface area contributed by atoms with Gasteiger partial charge in [-0.05, 0) is 12.1 Å². The molecule has 0 amide bonds. The molecule has 2 aromatic rings. The largest absolute Gasteiger partial charge is 0.508 e. The number of phenols is 1. The predicted octanol–water partition coefficient (Wildman–Crippen LogP) is 2.87. The number of para-hydroxylation sites is 1. The van der Waals surface area contributed by atoms with Crippen LogP contribution in [-0.2, 0) is 6.54 Å². The van der Waals surface area contributed by atoms with E-state index in [4.69, 9.17) is 11.6 Å². The van der Waals surface area contributed by atoms with Crippen molar-refractivity contribution in [2.24, 2.45) is 0 Å². The summed E-state index contributed by atoms with van der Waals surface area (Å²) in [7, 11) is 0. The fourth-order valence-corrected chi connectivity index (χ4v) is 2.12. The summed E-state index contributed by atoms with van der Waals surface area (Å²) in [4.78, 5) is 0.